The van der Waals surface area contributed by atoms with Crippen LogP contribution in [0.2, 0.25) is 0 Å². The van der Waals surface area contributed by atoms with Gasteiger partial charge < -0.3 is 14.6 Å². The molecule has 0 bridgehead atoms. The summed E-state index contributed by atoms with van der Waals surface area (Å²) >= 11 is 0. The standard InChI is InChI=1S/C14H23N5O/c1-14(2,3)15-7-12-10-20-13(17-12)18(4)8-11-6-16-19(5)9-11/h6,9-10,15H,7-8H2,1-5H3. The van der Waals surface area contributed by atoms with E-state index in [1.54, 1.807) is 10.9 Å². The van der Waals surface area contributed by atoms with E-state index in [-0.39, 0.29) is 5.54 Å². The molecule has 6 nitrogen and oxygen atoms in total. The molecule has 0 atom stereocenters. The maximum atomic E-state index is 5.52. The number of aromatic nitrogens is 3. The fourth-order valence-corrected chi connectivity index (χ4v) is 1.80. The number of hydrogen-bond acceptors (Lipinski definition) is 5. The van der Waals surface area contributed by atoms with Crippen molar-refractivity contribution in [1.82, 2.24) is 20.1 Å². The highest BCUT2D eigenvalue weighted by atomic mass is 16.4. The molecule has 2 aromatic heterocycles. The van der Waals surface area contributed by atoms with E-state index in [0.717, 1.165) is 17.8 Å². The van der Waals surface area contributed by atoms with Crippen LogP contribution >= 0.6 is 0 Å². The van der Waals surface area contributed by atoms with Gasteiger partial charge in [-0.15, -0.1) is 0 Å². The zero-order valence-electron chi connectivity index (χ0n) is 12.8. The van der Waals surface area contributed by atoms with Gasteiger partial charge in [-0.3, -0.25) is 4.68 Å². The minimum atomic E-state index is 0.0702. The molecule has 0 saturated heterocycles. The summed E-state index contributed by atoms with van der Waals surface area (Å²) < 4.78 is 7.31. The van der Waals surface area contributed by atoms with Gasteiger partial charge in [0, 0.05) is 37.9 Å². The van der Waals surface area contributed by atoms with Crippen LogP contribution in [0, 0.1) is 0 Å². The molecule has 0 fully saturated rings. The van der Waals surface area contributed by atoms with Crippen LogP contribution in [-0.4, -0.2) is 27.4 Å². The van der Waals surface area contributed by atoms with E-state index in [0.29, 0.717) is 12.6 Å². The fraction of sp³-hybridized carbons (Fsp3) is 0.571. The van der Waals surface area contributed by atoms with Crippen LogP contribution in [0.25, 0.3) is 0 Å². The van der Waals surface area contributed by atoms with Gasteiger partial charge in [0.1, 0.15) is 6.26 Å². The first-order chi connectivity index (χ1) is 9.33. The molecule has 0 aromatic carbocycles. The monoisotopic (exact) mass is 277 g/mol. The molecule has 2 aromatic rings. The van der Waals surface area contributed by atoms with E-state index in [9.17, 15) is 0 Å². The minimum Gasteiger partial charge on any atom is -0.432 e. The molecule has 0 aliphatic rings. The molecule has 0 amide bonds. The van der Waals surface area contributed by atoms with E-state index >= 15 is 0 Å². The molecular formula is C14H23N5O. The SMILES string of the molecule is CN(Cc1cnn(C)c1)c1nc(CNC(C)(C)C)co1. The Balaban J connectivity index is 1.94. The van der Waals surface area contributed by atoms with Crippen molar-refractivity contribution in [2.24, 2.45) is 7.05 Å². The van der Waals surface area contributed by atoms with Crippen LogP contribution in [0.5, 0.6) is 0 Å². The molecule has 0 saturated carbocycles. The Morgan fingerprint density at radius 3 is 2.75 bits per heavy atom. The molecule has 2 rings (SSSR count). The summed E-state index contributed by atoms with van der Waals surface area (Å²) in [5.74, 6) is 0. The summed E-state index contributed by atoms with van der Waals surface area (Å²) in [6, 6.07) is 0.625. The average molecular weight is 277 g/mol. The van der Waals surface area contributed by atoms with E-state index in [1.807, 2.05) is 31.4 Å². The Hall–Kier alpha value is -1.82. The van der Waals surface area contributed by atoms with Crippen LogP contribution in [0.3, 0.4) is 0 Å². The molecule has 0 aliphatic heterocycles. The molecule has 0 radical (unpaired) electrons. The van der Waals surface area contributed by atoms with Gasteiger partial charge in [-0.25, -0.2) is 0 Å². The topological polar surface area (TPSA) is 59.1 Å². The molecule has 0 aliphatic carbocycles. The highest BCUT2D eigenvalue weighted by Gasteiger charge is 2.13. The number of rotatable bonds is 5. The summed E-state index contributed by atoms with van der Waals surface area (Å²) in [6.45, 7) is 7.81. The number of nitrogens with one attached hydrogen (secondary N) is 1. The maximum Gasteiger partial charge on any atom is 0.297 e. The summed E-state index contributed by atoms with van der Waals surface area (Å²) in [5.41, 5.74) is 2.11. The van der Waals surface area contributed by atoms with E-state index in [4.69, 9.17) is 4.42 Å². The van der Waals surface area contributed by atoms with E-state index in [1.165, 1.54) is 0 Å². The van der Waals surface area contributed by atoms with Gasteiger partial charge in [-0.1, -0.05) is 0 Å². The number of aryl methyl sites for hydroxylation is 1. The van der Waals surface area contributed by atoms with Gasteiger partial charge in [0.25, 0.3) is 6.01 Å². The third-order valence-electron chi connectivity index (χ3n) is 2.84. The predicted molar refractivity (Wildman–Crippen MR) is 78.4 cm³/mol. The molecule has 20 heavy (non-hydrogen) atoms. The number of oxazole rings is 1. The van der Waals surface area contributed by atoms with Crippen LogP contribution in [0.15, 0.2) is 23.1 Å². The second kappa shape index (κ2) is 5.66. The lowest BCUT2D eigenvalue weighted by atomic mass is 10.1. The van der Waals surface area contributed by atoms with Crippen LogP contribution in [-0.2, 0) is 20.1 Å². The van der Waals surface area contributed by atoms with Crippen molar-refractivity contribution >= 4 is 6.01 Å². The van der Waals surface area contributed by atoms with Crippen molar-refractivity contribution in [3.05, 3.63) is 29.9 Å². The third kappa shape index (κ3) is 4.09. The van der Waals surface area contributed by atoms with Crippen LogP contribution in [0.1, 0.15) is 32.0 Å². The lowest BCUT2D eigenvalue weighted by Crippen LogP contribution is -2.35. The normalized spacial score (nSPS) is 11.8. The Labute approximate surface area is 119 Å². The van der Waals surface area contributed by atoms with Gasteiger partial charge >= 0.3 is 0 Å². The zero-order chi connectivity index (χ0) is 14.8. The minimum absolute atomic E-state index is 0.0702. The molecule has 110 valence electrons. The third-order valence-corrected chi connectivity index (χ3v) is 2.84. The number of hydrogen-bond donors (Lipinski definition) is 1. The molecule has 0 spiro atoms. The lowest BCUT2D eigenvalue weighted by molar-refractivity contribution is 0.421. The molecule has 6 heteroatoms. The lowest BCUT2D eigenvalue weighted by Gasteiger charge is -2.19. The first kappa shape index (κ1) is 14.6. The Morgan fingerprint density at radius 1 is 1.40 bits per heavy atom. The number of nitrogens with zero attached hydrogens (tertiary/aromatic N) is 4. The van der Waals surface area contributed by atoms with E-state index < -0.39 is 0 Å². The smallest absolute Gasteiger partial charge is 0.297 e. The summed E-state index contributed by atoms with van der Waals surface area (Å²) in [5, 5.41) is 7.54. The van der Waals surface area contributed by atoms with Crippen molar-refractivity contribution in [3.8, 4) is 0 Å². The Bertz CT molecular complexity index is 552. The van der Waals surface area contributed by atoms with Crippen molar-refractivity contribution in [1.29, 1.82) is 0 Å². The summed E-state index contributed by atoms with van der Waals surface area (Å²) in [6.07, 6.45) is 5.54. The van der Waals surface area contributed by atoms with Gasteiger partial charge in [0.15, 0.2) is 0 Å². The Kier molecular flexibility index (Phi) is 4.13. The van der Waals surface area contributed by atoms with Crippen LogP contribution < -0.4 is 10.2 Å². The largest absolute Gasteiger partial charge is 0.432 e. The van der Waals surface area contributed by atoms with Crippen molar-refractivity contribution in [2.75, 3.05) is 11.9 Å². The van der Waals surface area contributed by atoms with Crippen molar-refractivity contribution < 1.29 is 4.42 Å². The van der Waals surface area contributed by atoms with Crippen molar-refractivity contribution in [3.63, 3.8) is 0 Å². The first-order valence-electron chi connectivity index (χ1n) is 6.71. The molecule has 1 N–H and O–H groups in total. The number of anilines is 1. The van der Waals surface area contributed by atoms with Crippen LogP contribution in [0.4, 0.5) is 6.01 Å². The van der Waals surface area contributed by atoms with E-state index in [2.05, 4.69) is 36.2 Å². The summed E-state index contributed by atoms with van der Waals surface area (Å²) in [7, 11) is 3.87. The summed E-state index contributed by atoms with van der Waals surface area (Å²) in [4.78, 5) is 6.46. The highest BCUT2D eigenvalue weighted by molar-refractivity contribution is 5.27. The maximum absolute atomic E-state index is 5.52. The van der Waals surface area contributed by atoms with Gasteiger partial charge in [-0.2, -0.15) is 10.1 Å². The molecule has 0 unspecified atom stereocenters. The second-order valence-electron chi connectivity index (χ2n) is 6.10. The van der Waals surface area contributed by atoms with Crippen molar-refractivity contribution in [2.45, 2.75) is 39.4 Å². The fourth-order valence-electron chi connectivity index (χ4n) is 1.80. The molecular weight excluding hydrogens is 254 g/mol. The van der Waals surface area contributed by atoms with Gasteiger partial charge in [0.05, 0.1) is 18.4 Å². The zero-order valence-corrected chi connectivity index (χ0v) is 12.8. The first-order valence-corrected chi connectivity index (χ1v) is 6.71. The molecule has 2 heterocycles. The Morgan fingerprint density at radius 2 is 2.15 bits per heavy atom. The predicted octanol–water partition coefficient (Wildman–Crippen LogP) is 1.93. The second-order valence-corrected chi connectivity index (χ2v) is 6.10. The van der Waals surface area contributed by atoms with Gasteiger partial charge in [-0.05, 0) is 20.8 Å². The average Bonchev–Trinajstić information content (AvgIpc) is 2.95. The highest BCUT2D eigenvalue weighted by Crippen LogP contribution is 2.15. The quantitative estimate of drug-likeness (QED) is 0.905. The van der Waals surface area contributed by atoms with Gasteiger partial charge in [0.2, 0.25) is 0 Å².